The molecule has 1 aromatic heterocycles. The molecule has 16 heavy (non-hydrogen) atoms. The molecule has 0 saturated heterocycles. The van der Waals surface area contributed by atoms with Gasteiger partial charge in [-0.25, -0.2) is 0 Å². The molecule has 1 saturated carbocycles. The Bertz CT molecular complexity index is 289. The minimum atomic E-state index is 0.232. The minimum absolute atomic E-state index is 0.232. The molecule has 0 aliphatic heterocycles. The maximum absolute atomic E-state index is 5.92. The van der Waals surface area contributed by atoms with Crippen LogP contribution in [0.4, 0.5) is 0 Å². The highest BCUT2D eigenvalue weighted by Gasteiger charge is 2.23. The molecule has 0 aromatic carbocycles. The van der Waals surface area contributed by atoms with Gasteiger partial charge in [0.1, 0.15) is 5.76 Å². The molecule has 90 valence electrons. The Morgan fingerprint density at radius 2 is 2.25 bits per heavy atom. The Morgan fingerprint density at radius 3 is 2.81 bits per heavy atom. The van der Waals surface area contributed by atoms with Crippen molar-refractivity contribution in [3.63, 3.8) is 0 Å². The predicted octanol–water partition coefficient (Wildman–Crippen LogP) is 2.37. The Balaban J connectivity index is 1.96. The molecule has 1 unspecified atom stereocenters. The number of nitrogens with two attached hydrogens (primary N) is 1. The highest BCUT2D eigenvalue weighted by Crippen LogP contribution is 2.25. The second kappa shape index (κ2) is 5.51. The zero-order valence-corrected chi connectivity index (χ0v) is 10.1. The van der Waals surface area contributed by atoms with E-state index >= 15 is 0 Å². The first-order valence-electron chi connectivity index (χ1n) is 6.27. The molecule has 1 atom stereocenters. The third-order valence-corrected chi connectivity index (χ3v) is 3.30. The van der Waals surface area contributed by atoms with E-state index in [1.54, 1.807) is 6.26 Å². The predicted molar refractivity (Wildman–Crippen MR) is 65.0 cm³/mol. The summed E-state index contributed by atoms with van der Waals surface area (Å²) in [7, 11) is 0. The summed E-state index contributed by atoms with van der Waals surface area (Å²) in [5.74, 6) is 1.05. The van der Waals surface area contributed by atoms with E-state index in [0.29, 0.717) is 6.04 Å². The van der Waals surface area contributed by atoms with Crippen LogP contribution in [0.25, 0.3) is 0 Å². The van der Waals surface area contributed by atoms with Gasteiger partial charge in [0.25, 0.3) is 0 Å². The van der Waals surface area contributed by atoms with Crippen molar-refractivity contribution in [3.05, 3.63) is 24.2 Å². The van der Waals surface area contributed by atoms with Crippen LogP contribution in [0.3, 0.4) is 0 Å². The van der Waals surface area contributed by atoms with Gasteiger partial charge >= 0.3 is 0 Å². The SMILES string of the molecule is CC(N)CN(Cc1ccco1)C1CCCC1. The quantitative estimate of drug-likeness (QED) is 0.831. The summed E-state index contributed by atoms with van der Waals surface area (Å²) in [4.78, 5) is 2.48. The van der Waals surface area contributed by atoms with Gasteiger partial charge < -0.3 is 10.2 Å². The molecule has 0 bridgehead atoms. The molecule has 1 fully saturated rings. The molecule has 1 heterocycles. The van der Waals surface area contributed by atoms with Crippen LogP contribution in [0.2, 0.25) is 0 Å². The minimum Gasteiger partial charge on any atom is -0.468 e. The summed E-state index contributed by atoms with van der Waals surface area (Å²) < 4.78 is 5.42. The summed E-state index contributed by atoms with van der Waals surface area (Å²) >= 11 is 0. The van der Waals surface area contributed by atoms with Gasteiger partial charge in [-0.05, 0) is 31.9 Å². The van der Waals surface area contributed by atoms with E-state index in [-0.39, 0.29) is 6.04 Å². The highest BCUT2D eigenvalue weighted by molar-refractivity contribution is 4.99. The summed E-state index contributed by atoms with van der Waals surface area (Å²) in [6, 6.07) is 4.93. The van der Waals surface area contributed by atoms with Crippen molar-refractivity contribution in [1.82, 2.24) is 4.90 Å². The summed E-state index contributed by atoms with van der Waals surface area (Å²) in [5.41, 5.74) is 5.92. The highest BCUT2D eigenvalue weighted by atomic mass is 16.3. The van der Waals surface area contributed by atoms with Crippen LogP contribution in [0.1, 0.15) is 38.4 Å². The fourth-order valence-corrected chi connectivity index (χ4v) is 2.58. The summed E-state index contributed by atoms with van der Waals surface area (Å²) in [6.07, 6.45) is 7.09. The van der Waals surface area contributed by atoms with E-state index in [2.05, 4.69) is 11.8 Å². The average molecular weight is 222 g/mol. The van der Waals surface area contributed by atoms with Crippen LogP contribution in [0, 0.1) is 0 Å². The first-order chi connectivity index (χ1) is 7.75. The van der Waals surface area contributed by atoms with Crippen molar-refractivity contribution in [2.45, 2.75) is 51.2 Å². The van der Waals surface area contributed by atoms with Crippen molar-refractivity contribution in [2.75, 3.05) is 6.54 Å². The average Bonchev–Trinajstić information content (AvgIpc) is 2.88. The van der Waals surface area contributed by atoms with E-state index in [1.807, 2.05) is 12.1 Å². The molecule has 0 spiro atoms. The van der Waals surface area contributed by atoms with E-state index in [9.17, 15) is 0 Å². The Kier molecular flexibility index (Phi) is 4.02. The van der Waals surface area contributed by atoms with Crippen molar-refractivity contribution in [1.29, 1.82) is 0 Å². The lowest BCUT2D eigenvalue weighted by atomic mass is 10.2. The van der Waals surface area contributed by atoms with Crippen molar-refractivity contribution >= 4 is 0 Å². The molecule has 1 aromatic rings. The largest absolute Gasteiger partial charge is 0.468 e. The van der Waals surface area contributed by atoms with Crippen LogP contribution in [0.5, 0.6) is 0 Å². The summed E-state index contributed by atoms with van der Waals surface area (Å²) in [6.45, 7) is 3.94. The molecule has 2 N–H and O–H groups in total. The van der Waals surface area contributed by atoms with Crippen molar-refractivity contribution in [3.8, 4) is 0 Å². The first kappa shape index (κ1) is 11.7. The number of furan rings is 1. The van der Waals surface area contributed by atoms with Gasteiger partial charge in [-0.2, -0.15) is 0 Å². The molecule has 2 rings (SSSR count). The van der Waals surface area contributed by atoms with Gasteiger partial charge in [-0.15, -0.1) is 0 Å². The lowest BCUT2D eigenvalue weighted by Gasteiger charge is -2.29. The Hall–Kier alpha value is -0.800. The van der Waals surface area contributed by atoms with E-state index in [4.69, 9.17) is 10.2 Å². The number of nitrogens with zero attached hydrogens (tertiary/aromatic N) is 1. The monoisotopic (exact) mass is 222 g/mol. The molecule has 0 radical (unpaired) electrons. The molecule has 1 aliphatic carbocycles. The van der Waals surface area contributed by atoms with E-state index < -0.39 is 0 Å². The fourth-order valence-electron chi connectivity index (χ4n) is 2.58. The lowest BCUT2D eigenvalue weighted by Crippen LogP contribution is -2.40. The van der Waals surface area contributed by atoms with Crippen LogP contribution in [-0.4, -0.2) is 23.5 Å². The summed E-state index contributed by atoms with van der Waals surface area (Å²) in [5, 5.41) is 0. The molecule has 3 heteroatoms. The van der Waals surface area contributed by atoms with Gasteiger partial charge in [0.2, 0.25) is 0 Å². The Morgan fingerprint density at radius 1 is 1.50 bits per heavy atom. The van der Waals surface area contributed by atoms with E-state index in [0.717, 1.165) is 18.8 Å². The first-order valence-corrected chi connectivity index (χ1v) is 6.27. The van der Waals surface area contributed by atoms with Crippen LogP contribution >= 0.6 is 0 Å². The second-order valence-electron chi connectivity index (χ2n) is 4.92. The molecular weight excluding hydrogens is 200 g/mol. The second-order valence-corrected chi connectivity index (χ2v) is 4.92. The van der Waals surface area contributed by atoms with Crippen LogP contribution in [-0.2, 0) is 6.54 Å². The van der Waals surface area contributed by atoms with Gasteiger partial charge in [0.05, 0.1) is 12.8 Å². The van der Waals surface area contributed by atoms with Crippen molar-refractivity contribution in [2.24, 2.45) is 5.73 Å². The van der Waals surface area contributed by atoms with Crippen molar-refractivity contribution < 1.29 is 4.42 Å². The topological polar surface area (TPSA) is 42.4 Å². The van der Waals surface area contributed by atoms with Crippen LogP contribution in [0.15, 0.2) is 22.8 Å². The molecular formula is C13H22N2O. The maximum atomic E-state index is 5.92. The van der Waals surface area contributed by atoms with Gasteiger partial charge in [0.15, 0.2) is 0 Å². The maximum Gasteiger partial charge on any atom is 0.117 e. The molecule has 1 aliphatic rings. The number of rotatable bonds is 5. The number of hydrogen-bond donors (Lipinski definition) is 1. The third kappa shape index (κ3) is 3.09. The normalized spacial score (nSPS) is 19.4. The zero-order chi connectivity index (χ0) is 11.4. The van der Waals surface area contributed by atoms with E-state index in [1.165, 1.54) is 25.7 Å². The van der Waals surface area contributed by atoms with Gasteiger partial charge in [0, 0.05) is 18.6 Å². The Labute approximate surface area is 97.6 Å². The zero-order valence-electron chi connectivity index (χ0n) is 10.1. The third-order valence-electron chi connectivity index (χ3n) is 3.30. The van der Waals surface area contributed by atoms with Crippen LogP contribution < -0.4 is 5.73 Å². The van der Waals surface area contributed by atoms with Gasteiger partial charge in [-0.3, -0.25) is 4.90 Å². The standard InChI is InChI=1S/C13H22N2O/c1-11(14)9-15(12-5-2-3-6-12)10-13-7-4-8-16-13/h4,7-8,11-12H,2-3,5-6,9-10,14H2,1H3. The molecule has 3 nitrogen and oxygen atoms in total. The lowest BCUT2D eigenvalue weighted by molar-refractivity contribution is 0.168. The number of hydrogen-bond acceptors (Lipinski definition) is 3. The van der Waals surface area contributed by atoms with Gasteiger partial charge in [-0.1, -0.05) is 12.8 Å². The molecule has 0 amide bonds. The fraction of sp³-hybridized carbons (Fsp3) is 0.692. The smallest absolute Gasteiger partial charge is 0.117 e.